The molecule has 0 spiro atoms. The van der Waals surface area contributed by atoms with Crippen LogP contribution in [0.4, 0.5) is 17.6 Å². The first-order valence-corrected chi connectivity index (χ1v) is 5.12. The molecule has 6 heteroatoms. The molecule has 1 atom stereocenters. The van der Waals surface area contributed by atoms with Crippen molar-refractivity contribution in [1.82, 2.24) is 5.32 Å². The fourth-order valence-electron chi connectivity index (χ4n) is 1.94. The van der Waals surface area contributed by atoms with Crippen LogP contribution in [-0.4, -0.2) is 24.3 Å². The largest absolute Gasteiger partial charge is 0.383 e. The summed E-state index contributed by atoms with van der Waals surface area (Å²) in [4.78, 5) is 10.9. The van der Waals surface area contributed by atoms with E-state index in [4.69, 9.17) is 0 Å². The summed E-state index contributed by atoms with van der Waals surface area (Å²) in [5.74, 6) is -6.46. The Balaban J connectivity index is 2.53. The molecule has 1 fully saturated rings. The van der Waals surface area contributed by atoms with E-state index < -0.39 is 24.3 Å². The van der Waals surface area contributed by atoms with E-state index in [0.717, 1.165) is 6.42 Å². The van der Waals surface area contributed by atoms with Crippen molar-refractivity contribution in [2.75, 3.05) is 0 Å². The molecule has 1 aliphatic carbocycles. The van der Waals surface area contributed by atoms with E-state index in [0.29, 0.717) is 12.8 Å². The van der Waals surface area contributed by atoms with Gasteiger partial charge in [0, 0.05) is 6.04 Å². The van der Waals surface area contributed by atoms with Gasteiger partial charge in [0.15, 0.2) is 0 Å². The van der Waals surface area contributed by atoms with Gasteiger partial charge in [0.05, 0.1) is 0 Å². The number of nitrogens with one attached hydrogen (secondary N) is 1. The zero-order valence-corrected chi connectivity index (χ0v) is 9.20. The molecule has 0 aromatic heterocycles. The lowest BCUT2D eigenvalue weighted by molar-refractivity contribution is -0.170. The maximum Gasteiger partial charge on any atom is 0.383 e. The minimum Gasteiger partial charge on any atom is -0.348 e. The molecule has 1 aliphatic rings. The Labute approximate surface area is 91.4 Å². The average Bonchev–Trinajstić information content (AvgIpc) is 2.45. The fraction of sp³-hybridized carbons (Fsp3) is 0.900. The topological polar surface area (TPSA) is 29.1 Å². The van der Waals surface area contributed by atoms with Gasteiger partial charge in [-0.3, -0.25) is 4.79 Å². The third-order valence-corrected chi connectivity index (χ3v) is 2.88. The van der Waals surface area contributed by atoms with E-state index in [1.54, 1.807) is 0 Å². The lowest BCUT2D eigenvalue weighted by Crippen LogP contribution is -2.48. The van der Waals surface area contributed by atoms with E-state index in [-0.39, 0.29) is 5.41 Å². The molecule has 0 aromatic rings. The normalized spacial score (nSPS) is 24.8. The Morgan fingerprint density at radius 3 is 2.38 bits per heavy atom. The smallest absolute Gasteiger partial charge is 0.348 e. The van der Waals surface area contributed by atoms with Crippen LogP contribution in [0.25, 0.3) is 0 Å². The Bertz CT molecular complexity index is 278. The first kappa shape index (κ1) is 13.3. The standard InChI is InChI=1S/C10H15F4NO/c1-9(2)4-3-6(5-9)15-8(16)10(13,14)7(11)12/h6-7H,3-5H2,1-2H3,(H,15,16). The van der Waals surface area contributed by atoms with Gasteiger partial charge in [-0.05, 0) is 24.7 Å². The van der Waals surface area contributed by atoms with Gasteiger partial charge in [-0.25, -0.2) is 8.78 Å². The van der Waals surface area contributed by atoms with Crippen molar-refractivity contribution in [2.24, 2.45) is 5.41 Å². The molecule has 1 saturated carbocycles. The van der Waals surface area contributed by atoms with Crippen LogP contribution in [0.1, 0.15) is 33.1 Å². The lowest BCUT2D eigenvalue weighted by atomic mass is 9.92. The number of alkyl halides is 4. The summed E-state index contributed by atoms with van der Waals surface area (Å²) in [6, 6.07) is -0.424. The number of rotatable bonds is 3. The van der Waals surface area contributed by atoms with Crippen molar-refractivity contribution in [3.63, 3.8) is 0 Å². The van der Waals surface area contributed by atoms with Gasteiger partial charge in [-0.15, -0.1) is 0 Å². The highest BCUT2D eigenvalue weighted by Crippen LogP contribution is 2.37. The number of halogens is 4. The predicted octanol–water partition coefficient (Wildman–Crippen LogP) is 2.58. The molecule has 0 bridgehead atoms. The summed E-state index contributed by atoms with van der Waals surface area (Å²) in [5, 5.41) is 1.99. The highest BCUT2D eigenvalue weighted by atomic mass is 19.3. The van der Waals surface area contributed by atoms with Gasteiger partial charge in [0.25, 0.3) is 5.91 Å². The van der Waals surface area contributed by atoms with Gasteiger partial charge in [-0.1, -0.05) is 13.8 Å². The van der Waals surface area contributed by atoms with E-state index >= 15 is 0 Å². The molecule has 16 heavy (non-hydrogen) atoms. The van der Waals surface area contributed by atoms with Crippen LogP contribution in [0, 0.1) is 5.41 Å². The summed E-state index contributed by atoms with van der Waals surface area (Å²) in [6.45, 7) is 3.90. The SMILES string of the molecule is CC1(C)CCC(NC(=O)C(F)(F)C(F)F)C1. The van der Waals surface area contributed by atoms with Gasteiger partial charge >= 0.3 is 12.3 Å². The Morgan fingerprint density at radius 1 is 1.44 bits per heavy atom. The molecule has 2 nitrogen and oxygen atoms in total. The first-order chi connectivity index (χ1) is 7.15. The molecular weight excluding hydrogens is 226 g/mol. The second-order valence-corrected chi connectivity index (χ2v) is 5.00. The highest BCUT2D eigenvalue weighted by molar-refractivity contribution is 5.84. The number of hydrogen-bond acceptors (Lipinski definition) is 1. The monoisotopic (exact) mass is 241 g/mol. The fourth-order valence-corrected chi connectivity index (χ4v) is 1.94. The average molecular weight is 241 g/mol. The van der Waals surface area contributed by atoms with Crippen molar-refractivity contribution < 1.29 is 22.4 Å². The molecule has 0 saturated heterocycles. The maximum absolute atomic E-state index is 12.6. The predicted molar refractivity (Wildman–Crippen MR) is 50.5 cm³/mol. The summed E-state index contributed by atoms with van der Waals surface area (Å²) < 4.78 is 49.0. The van der Waals surface area contributed by atoms with Gasteiger partial charge in [0.1, 0.15) is 0 Å². The van der Waals surface area contributed by atoms with Crippen molar-refractivity contribution in [1.29, 1.82) is 0 Å². The Morgan fingerprint density at radius 2 is 2.00 bits per heavy atom. The second-order valence-electron chi connectivity index (χ2n) is 5.00. The van der Waals surface area contributed by atoms with Crippen LogP contribution in [-0.2, 0) is 4.79 Å². The zero-order chi connectivity index (χ0) is 12.6. The summed E-state index contributed by atoms with van der Waals surface area (Å²) in [6.07, 6.45) is -2.07. The van der Waals surface area contributed by atoms with E-state index in [1.165, 1.54) is 0 Å². The number of amides is 1. The minimum atomic E-state index is -4.59. The second kappa shape index (κ2) is 4.22. The number of carbonyl (C=O) groups excluding carboxylic acids is 1. The third-order valence-electron chi connectivity index (χ3n) is 2.88. The molecule has 1 amide bonds. The summed E-state index contributed by atoms with van der Waals surface area (Å²) >= 11 is 0. The molecule has 0 radical (unpaired) electrons. The van der Waals surface area contributed by atoms with E-state index in [1.807, 2.05) is 19.2 Å². The third kappa shape index (κ3) is 2.86. The molecule has 0 aliphatic heterocycles. The highest BCUT2D eigenvalue weighted by Gasteiger charge is 2.50. The van der Waals surface area contributed by atoms with Crippen molar-refractivity contribution in [2.45, 2.75) is 51.5 Å². The summed E-state index contributed by atoms with van der Waals surface area (Å²) in [5.41, 5.74) is -0.0297. The van der Waals surface area contributed by atoms with E-state index in [2.05, 4.69) is 0 Å². The van der Waals surface area contributed by atoms with Gasteiger partial charge < -0.3 is 5.32 Å². The lowest BCUT2D eigenvalue weighted by Gasteiger charge is -2.20. The van der Waals surface area contributed by atoms with Crippen molar-refractivity contribution in [3.8, 4) is 0 Å². The zero-order valence-electron chi connectivity index (χ0n) is 9.20. The quantitative estimate of drug-likeness (QED) is 0.756. The van der Waals surface area contributed by atoms with Crippen LogP contribution in [0.5, 0.6) is 0 Å². The Hall–Kier alpha value is -0.810. The van der Waals surface area contributed by atoms with Crippen LogP contribution < -0.4 is 5.32 Å². The Kier molecular flexibility index (Phi) is 3.50. The number of hydrogen-bond donors (Lipinski definition) is 1. The first-order valence-electron chi connectivity index (χ1n) is 5.12. The molecule has 94 valence electrons. The minimum absolute atomic E-state index is 0.0297. The molecule has 1 rings (SSSR count). The van der Waals surface area contributed by atoms with E-state index in [9.17, 15) is 22.4 Å². The number of carbonyl (C=O) groups is 1. The maximum atomic E-state index is 12.6. The van der Waals surface area contributed by atoms with Gasteiger partial charge in [-0.2, -0.15) is 8.78 Å². The molecular formula is C10H15F4NO. The van der Waals surface area contributed by atoms with Crippen molar-refractivity contribution >= 4 is 5.91 Å². The molecule has 0 aromatic carbocycles. The summed E-state index contributed by atoms with van der Waals surface area (Å²) in [7, 11) is 0. The van der Waals surface area contributed by atoms with Crippen LogP contribution in [0.3, 0.4) is 0 Å². The van der Waals surface area contributed by atoms with Crippen LogP contribution >= 0.6 is 0 Å². The van der Waals surface area contributed by atoms with Crippen LogP contribution in [0.2, 0.25) is 0 Å². The molecule has 0 heterocycles. The van der Waals surface area contributed by atoms with Crippen LogP contribution in [0.15, 0.2) is 0 Å². The molecule has 1 unspecified atom stereocenters. The van der Waals surface area contributed by atoms with Crippen molar-refractivity contribution in [3.05, 3.63) is 0 Å². The molecule has 1 N–H and O–H groups in total. The van der Waals surface area contributed by atoms with Gasteiger partial charge in [0.2, 0.25) is 0 Å².